The fourth-order valence-corrected chi connectivity index (χ4v) is 3.41. The lowest BCUT2D eigenvalue weighted by Gasteiger charge is -2.21. The monoisotopic (exact) mass is 438 g/mol. The van der Waals surface area contributed by atoms with Crippen LogP contribution >= 0.6 is 22.9 Å². The van der Waals surface area contributed by atoms with E-state index in [2.05, 4.69) is 15.6 Å². The van der Waals surface area contributed by atoms with Crippen LogP contribution in [0.25, 0.3) is 0 Å². The normalized spacial score (nSPS) is 10.6. The van der Waals surface area contributed by atoms with Crippen molar-refractivity contribution in [2.45, 2.75) is 26.7 Å². The van der Waals surface area contributed by atoms with Gasteiger partial charge >= 0.3 is 0 Å². The second kappa shape index (κ2) is 11.7. The van der Waals surface area contributed by atoms with Crippen molar-refractivity contribution in [2.24, 2.45) is 0 Å². The van der Waals surface area contributed by atoms with Crippen LogP contribution in [0.15, 0.2) is 23.6 Å². The summed E-state index contributed by atoms with van der Waals surface area (Å²) in [6, 6.07) is 5.56. The Morgan fingerprint density at radius 2 is 2.10 bits per heavy atom. The zero-order chi connectivity index (χ0) is 21.2. The molecule has 2 amide bonds. The molecule has 0 atom stereocenters. The zero-order valence-electron chi connectivity index (χ0n) is 17.0. The molecule has 0 radical (unpaired) electrons. The molecule has 0 aliphatic carbocycles. The van der Waals surface area contributed by atoms with Gasteiger partial charge in [-0.2, -0.15) is 0 Å². The molecule has 0 aliphatic rings. The molecule has 9 heteroatoms. The molecular weight excluding hydrogens is 412 g/mol. The van der Waals surface area contributed by atoms with Crippen molar-refractivity contribution >= 4 is 45.6 Å². The van der Waals surface area contributed by atoms with Crippen LogP contribution in [0.3, 0.4) is 0 Å². The highest BCUT2D eigenvalue weighted by Gasteiger charge is 2.20. The summed E-state index contributed by atoms with van der Waals surface area (Å²) in [5.41, 5.74) is 2.20. The minimum absolute atomic E-state index is 0.0702. The van der Waals surface area contributed by atoms with E-state index in [1.54, 1.807) is 17.4 Å². The van der Waals surface area contributed by atoms with Crippen molar-refractivity contribution in [2.75, 3.05) is 38.7 Å². The number of methoxy groups -OCH3 is 1. The second-order valence-electron chi connectivity index (χ2n) is 6.51. The van der Waals surface area contributed by atoms with Gasteiger partial charge in [0, 0.05) is 49.3 Å². The molecule has 29 heavy (non-hydrogen) atoms. The van der Waals surface area contributed by atoms with Crippen LogP contribution < -0.4 is 10.6 Å². The maximum Gasteiger partial charge on any atom is 0.273 e. The molecule has 1 aromatic heterocycles. The Kier molecular flexibility index (Phi) is 9.37. The number of aryl methyl sites for hydroxylation is 1. The number of anilines is 2. The maximum atomic E-state index is 12.9. The smallest absolute Gasteiger partial charge is 0.273 e. The van der Waals surface area contributed by atoms with Crippen LogP contribution in [-0.2, 0) is 9.53 Å². The number of carbonyl (C=O) groups excluding carboxylic acids is 2. The Morgan fingerprint density at radius 3 is 2.83 bits per heavy atom. The molecule has 0 aliphatic heterocycles. The number of aromatic nitrogens is 1. The van der Waals surface area contributed by atoms with Crippen LogP contribution in [0.5, 0.6) is 0 Å². The molecule has 0 bridgehead atoms. The first-order chi connectivity index (χ1) is 13.9. The first-order valence-electron chi connectivity index (χ1n) is 9.48. The number of ether oxygens (including phenoxy) is 1. The Morgan fingerprint density at radius 1 is 1.31 bits per heavy atom. The summed E-state index contributed by atoms with van der Waals surface area (Å²) < 4.78 is 5.10. The molecule has 0 spiro atoms. The fraction of sp³-hybridized carbons (Fsp3) is 0.450. The van der Waals surface area contributed by atoms with Gasteiger partial charge in [-0.1, -0.05) is 24.6 Å². The lowest BCUT2D eigenvalue weighted by atomic mass is 10.2. The predicted molar refractivity (Wildman–Crippen MR) is 117 cm³/mol. The number of thiazole rings is 1. The summed E-state index contributed by atoms with van der Waals surface area (Å²) in [4.78, 5) is 30.8. The summed E-state index contributed by atoms with van der Waals surface area (Å²) in [7, 11) is 1.58. The second-order valence-corrected chi connectivity index (χ2v) is 7.80. The van der Waals surface area contributed by atoms with Crippen molar-refractivity contribution in [3.63, 3.8) is 0 Å². The number of rotatable bonds is 11. The van der Waals surface area contributed by atoms with E-state index in [1.165, 1.54) is 11.3 Å². The summed E-state index contributed by atoms with van der Waals surface area (Å²) in [6.45, 7) is 5.69. The number of nitrogens with one attached hydrogen (secondary N) is 2. The van der Waals surface area contributed by atoms with E-state index in [0.717, 1.165) is 17.7 Å². The highest BCUT2D eigenvalue weighted by atomic mass is 35.5. The lowest BCUT2D eigenvalue weighted by Crippen LogP contribution is -2.37. The van der Waals surface area contributed by atoms with Gasteiger partial charge in [0.15, 0.2) is 5.13 Å². The van der Waals surface area contributed by atoms with Crippen molar-refractivity contribution in [3.05, 3.63) is 39.9 Å². The van der Waals surface area contributed by atoms with E-state index < -0.39 is 0 Å². The molecule has 2 N–H and O–H groups in total. The summed E-state index contributed by atoms with van der Waals surface area (Å²) in [5, 5.41) is 8.96. The zero-order valence-corrected chi connectivity index (χ0v) is 18.5. The minimum atomic E-state index is -0.225. The van der Waals surface area contributed by atoms with E-state index >= 15 is 0 Å². The number of nitrogens with zero attached hydrogens (tertiary/aromatic N) is 2. The number of hydrogen-bond acceptors (Lipinski definition) is 6. The standard InChI is InChI=1S/C20H27ClN4O3S/c1-4-8-22-18(26)7-9-25(10-11-28-3)19(27)17-13-29-20(24-17)23-16-12-15(21)6-5-14(16)2/h5-6,12-13H,4,7-11H2,1-3H3,(H,22,26)(H,23,24). The quantitative estimate of drug-likeness (QED) is 0.556. The van der Waals surface area contributed by atoms with Gasteiger partial charge < -0.3 is 20.3 Å². The average Bonchev–Trinajstić information content (AvgIpc) is 3.17. The van der Waals surface area contributed by atoms with Gasteiger partial charge in [-0.25, -0.2) is 4.98 Å². The number of amides is 2. The first-order valence-corrected chi connectivity index (χ1v) is 10.7. The molecular formula is C20H27ClN4O3S. The van der Waals surface area contributed by atoms with E-state index in [9.17, 15) is 9.59 Å². The van der Waals surface area contributed by atoms with Crippen molar-refractivity contribution in [3.8, 4) is 0 Å². The van der Waals surface area contributed by atoms with E-state index in [4.69, 9.17) is 16.3 Å². The number of halogens is 1. The van der Waals surface area contributed by atoms with Gasteiger partial charge in [-0.05, 0) is 31.0 Å². The summed E-state index contributed by atoms with van der Waals surface area (Å²) in [6.07, 6.45) is 1.12. The molecule has 2 rings (SSSR count). The molecule has 0 fully saturated rings. The summed E-state index contributed by atoms with van der Waals surface area (Å²) >= 11 is 7.40. The Hall–Kier alpha value is -2.16. The molecule has 2 aromatic rings. The van der Waals surface area contributed by atoms with E-state index in [1.807, 2.05) is 32.0 Å². The highest BCUT2D eigenvalue weighted by Crippen LogP contribution is 2.26. The lowest BCUT2D eigenvalue weighted by molar-refractivity contribution is -0.121. The SMILES string of the molecule is CCCNC(=O)CCN(CCOC)C(=O)c1csc(Nc2cc(Cl)ccc2C)n1. The third kappa shape index (κ3) is 7.30. The maximum absolute atomic E-state index is 12.9. The molecule has 0 saturated carbocycles. The predicted octanol–water partition coefficient (Wildman–Crippen LogP) is 3.85. The van der Waals surface area contributed by atoms with Gasteiger partial charge in [0.2, 0.25) is 5.91 Å². The largest absolute Gasteiger partial charge is 0.383 e. The fourth-order valence-electron chi connectivity index (χ4n) is 2.54. The Bertz CT molecular complexity index is 828. The number of carbonyl (C=O) groups is 2. The van der Waals surface area contributed by atoms with Crippen LogP contribution in [0, 0.1) is 6.92 Å². The Balaban J connectivity index is 2.04. The van der Waals surface area contributed by atoms with Gasteiger partial charge in [-0.3, -0.25) is 9.59 Å². The third-order valence-corrected chi connectivity index (χ3v) is 5.19. The number of hydrogen-bond donors (Lipinski definition) is 2. The molecule has 1 heterocycles. The van der Waals surface area contributed by atoms with Gasteiger partial charge in [0.1, 0.15) is 5.69 Å². The highest BCUT2D eigenvalue weighted by molar-refractivity contribution is 7.14. The van der Waals surface area contributed by atoms with Crippen molar-refractivity contribution in [1.82, 2.24) is 15.2 Å². The molecule has 1 aromatic carbocycles. The molecule has 158 valence electrons. The van der Waals surface area contributed by atoms with Gasteiger partial charge in [0.25, 0.3) is 5.91 Å². The van der Waals surface area contributed by atoms with Crippen LogP contribution in [0.4, 0.5) is 10.8 Å². The van der Waals surface area contributed by atoms with Gasteiger partial charge in [0.05, 0.1) is 6.61 Å². The van der Waals surface area contributed by atoms with Crippen LogP contribution in [0.2, 0.25) is 5.02 Å². The average molecular weight is 439 g/mol. The Labute approximate surface area is 180 Å². The van der Waals surface area contributed by atoms with Crippen LogP contribution in [0.1, 0.15) is 35.8 Å². The van der Waals surface area contributed by atoms with Crippen molar-refractivity contribution in [1.29, 1.82) is 0 Å². The van der Waals surface area contributed by atoms with Crippen molar-refractivity contribution < 1.29 is 14.3 Å². The van der Waals surface area contributed by atoms with E-state index in [-0.39, 0.29) is 18.2 Å². The minimum Gasteiger partial charge on any atom is -0.383 e. The topological polar surface area (TPSA) is 83.6 Å². The first kappa shape index (κ1) is 23.1. The van der Waals surface area contributed by atoms with Crippen LogP contribution in [-0.4, -0.2) is 55.0 Å². The number of benzene rings is 1. The summed E-state index contributed by atoms with van der Waals surface area (Å²) in [5.74, 6) is -0.295. The molecule has 0 unspecified atom stereocenters. The van der Waals surface area contributed by atoms with Gasteiger partial charge in [-0.15, -0.1) is 11.3 Å². The van der Waals surface area contributed by atoms with E-state index in [0.29, 0.717) is 42.1 Å². The molecule has 0 saturated heterocycles. The third-order valence-electron chi connectivity index (χ3n) is 4.20. The molecule has 7 nitrogen and oxygen atoms in total.